The van der Waals surface area contributed by atoms with Gasteiger partial charge in [0.25, 0.3) is 11.6 Å². The first-order chi connectivity index (χ1) is 11.6. The molecule has 4 rings (SSSR count). The lowest BCUT2D eigenvalue weighted by atomic mass is 10.2. The van der Waals surface area contributed by atoms with Crippen LogP contribution in [0.5, 0.6) is 0 Å². The molecule has 0 radical (unpaired) electrons. The van der Waals surface area contributed by atoms with Gasteiger partial charge in [-0.25, -0.2) is 0 Å². The lowest BCUT2D eigenvalue weighted by Crippen LogP contribution is -2.10. The molecule has 8 nitrogen and oxygen atoms in total. The Labute approximate surface area is 139 Å². The number of benzene rings is 1. The van der Waals surface area contributed by atoms with Crippen LogP contribution in [0, 0.1) is 10.1 Å². The second kappa shape index (κ2) is 5.69. The zero-order chi connectivity index (χ0) is 16.7. The highest BCUT2D eigenvalue weighted by molar-refractivity contribution is 7.14. The molecular formula is C15H12N4O4S. The molecule has 0 atom stereocenters. The van der Waals surface area contributed by atoms with Gasteiger partial charge in [-0.3, -0.25) is 20.0 Å². The van der Waals surface area contributed by atoms with Crippen LogP contribution in [0.25, 0.3) is 10.9 Å². The normalized spacial score (nSPS) is 13.7. The maximum absolute atomic E-state index is 12.5. The molecule has 1 aromatic carbocycles. The molecule has 9 heteroatoms. The lowest BCUT2D eigenvalue weighted by molar-refractivity contribution is -0.384. The smallest absolute Gasteiger partial charge is 0.270 e. The Kier molecular flexibility index (Phi) is 3.51. The topological polar surface area (TPSA) is 110 Å². The Bertz CT molecular complexity index is 938. The van der Waals surface area contributed by atoms with Crippen molar-refractivity contribution >= 4 is 39.7 Å². The molecule has 0 saturated carbocycles. The molecule has 0 fully saturated rings. The molecule has 0 aliphatic carbocycles. The summed E-state index contributed by atoms with van der Waals surface area (Å²) >= 11 is 1.44. The highest BCUT2D eigenvalue weighted by Gasteiger charge is 2.19. The molecule has 1 aliphatic heterocycles. The summed E-state index contributed by atoms with van der Waals surface area (Å²) in [5.41, 5.74) is 1.61. The molecule has 3 heterocycles. The SMILES string of the molecule is O=C(Nc1n[nH]c2ccc([N+](=O)[O-])cc12)c1cc2c(s1)CCOC2. The number of hydrogen-bond acceptors (Lipinski definition) is 6. The number of H-pyrrole nitrogens is 1. The lowest BCUT2D eigenvalue weighted by Gasteiger charge is -2.10. The van der Waals surface area contributed by atoms with Crippen LogP contribution in [0.15, 0.2) is 24.3 Å². The number of ether oxygens (including phenoxy) is 1. The summed E-state index contributed by atoms with van der Waals surface area (Å²) in [5, 5.41) is 20.9. The molecule has 0 saturated heterocycles. The number of amides is 1. The number of fused-ring (bicyclic) bond motifs is 2. The van der Waals surface area contributed by atoms with E-state index in [2.05, 4.69) is 15.5 Å². The largest absolute Gasteiger partial charge is 0.376 e. The average Bonchev–Trinajstić information content (AvgIpc) is 3.18. The van der Waals surface area contributed by atoms with Crippen molar-refractivity contribution in [2.75, 3.05) is 11.9 Å². The summed E-state index contributed by atoms with van der Waals surface area (Å²) in [5.74, 6) is -0.00405. The number of aromatic amines is 1. The van der Waals surface area contributed by atoms with Crippen LogP contribution in [0.1, 0.15) is 20.1 Å². The fourth-order valence-electron chi connectivity index (χ4n) is 2.64. The van der Waals surface area contributed by atoms with E-state index in [0.717, 1.165) is 16.9 Å². The Morgan fingerprint density at radius 1 is 1.42 bits per heavy atom. The highest BCUT2D eigenvalue weighted by Crippen LogP contribution is 2.29. The van der Waals surface area contributed by atoms with Gasteiger partial charge in [0.15, 0.2) is 5.82 Å². The van der Waals surface area contributed by atoms with Crippen LogP contribution >= 0.6 is 11.3 Å². The first kappa shape index (κ1) is 14.8. The predicted molar refractivity (Wildman–Crippen MR) is 88.4 cm³/mol. The number of aromatic nitrogens is 2. The van der Waals surface area contributed by atoms with E-state index in [1.54, 1.807) is 6.07 Å². The first-order valence-electron chi connectivity index (χ1n) is 7.25. The van der Waals surface area contributed by atoms with E-state index >= 15 is 0 Å². The van der Waals surface area contributed by atoms with E-state index in [1.165, 1.54) is 23.5 Å². The van der Waals surface area contributed by atoms with Crippen LogP contribution in [0.4, 0.5) is 11.5 Å². The number of nitrogens with zero attached hydrogens (tertiary/aromatic N) is 2. The summed E-state index contributed by atoms with van der Waals surface area (Å²) in [6, 6.07) is 6.17. The number of thiophene rings is 1. The van der Waals surface area contributed by atoms with Crippen molar-refractivity contribution in [1.29, 1.82) is 0 Å². The summed E-state index contributed by atoms with van der Waals surface area (Å²) in [4.78, 5) is 24.6. The highest BCUT2D eigenvalue weighted by atomic mass is 32.1. The minimum Gasteiger partial charge on any atom is -0.376 e. The van der Waals surface area contributed by atoms with E-state index in [1.807, 2.05) is 6.07 Å². The van der Waals surface area contributed by atoms with Crippen LogP contribution in [-0.4, -0.2) is 27.6 Å². The number of hydrogen-bond donors (Lipinski definition) is 2. The van der Waals surface area contributed by atoms with Crippen molar-refractivity contribution in [3.63, 3.8) is 0 Å². The van der Waals surface area contributed by atoms with Crippen molar-refractivity contribution in [2.45, 2.75) is 13.0 Å². The van der Waals surface area contributed by atoms with Gasteiger partial charge in [0.2, 0.25) is 0 Å². The number of rotatable bonds is 3. The molecule has 1 aliphatic rings. The van der Waals surface area contributed by atoms with Crippen LogP contribution in [0.3, 0.4) is 0 Å². The zero-order valence-electron chi connectivity index (χ0n) is 12.4. The van der Waals surface area contributed by atoms with Gasteiger partial charge in [0.1, 0.15) is 0 Å². The second-order valence-corrected chi connectivity index (χ2v) is 6.51. The third kappa shape index (κ3) is 2.53. The van der Waals surface area contributed by atoms with Gasteiger partial charge in [-0.15, -0.1) is 11.3 Å². The van der Waals surface area contributed by atoms with Gasteiger partial charge in [-0.1, -0.05) is 0 Å². The van der Waals surface area contributed by atoms with Crippen LogP contribution in [-0.2, 0) is 17.8 Å². The van der Waals surface area contributed by atoms with Crippen molar-refractivity contribution in [3.8, 4) is 0 Å². The number of carbonyl (C=O) groups is 1. The summed E-state index contributed by atoms with van der Waals surface area (Å²) in [6.45, 7) is 1.19. The molecule has 24 heavy (non-hydrogen) atoms. The van der Waals surface area contributed by atoms with Crippen molar-refractivity contribution in [2.24, 2.45) is 0 Å². The Hall–Kier alpha value is -2.78. The molecule has 0 bridgehead atoms. The molecular weight excluding hydrogens is 332 g/mol. The molecule has 0 spiro atoms. The number of non-ortho nitro benzene ring substituents is 1. The zero-order valence-corrected chi connectivity index (χ0v) is 13.2. The Balaban J connectivity index is 1.63. The van der Waals surface area contributed by atoms with Gasteiger partial charge < -0.3 is 10.1 Å². The summed E-state index contributed by atoms with van der Waals surface area (Å²) in [7, 11) is 0. The van der Waals surface area contributed by atoms with E-state index in [4.69, 9.17) is 4.74 Å². The van der Waals surface area contributed by atoms with Crippen LogP contribution < -0.4 is 5.32 Å². The molecule has 122 valence electrons. The molecule has 3 aromatic rings. The second-order valence-electron chi connectivity index (χ2n) is 5.37. The monoisotopic (exact) mass is 344 g/mol. The maximum Gasteiger partial charge on any atom is 0.270 e. The fourth-order valence-corrected chi connectivity index (χ4v) is 3.68. The van der Waals surface area contributed by atoms with E-state index in [0.29, 0.717) is 29.0 Å². The minimum atomic E-state index is -0.481. The van der Waals surface area contributed by atoms with Gasteiger partial charge in [-0.05, 0) is 17.7 Å². The third-order valence-electron chi connectivity index (χ3n) is 3.84. The molecule has 1 amide bonds. The molecule has 0 unspecified atom stereocenters. The van der Waals surface area contributed by atoms with Gasteiger partial charge >= 0.3 is 0 Å². The first-order valence-corrected chi connectivity index (χ1v) is 8.06. The molecule has 2 N–H and O–H groups in total. The quantitative estimate of drug-likeness (QED) is 0.561. The van der Waals surface area contributed by atoms with Gasteiger partial charge in [-0.2, -0.15) is 5.10 Å². The summed E-state index contributed by atoms with van der Waals surface area (Å²) < 4.78 is 5.38. The number of nitro benzene ring substituents is 1. The van der Waals surface area contributed by atoms with Crippen molar-refractivity contribution in [3.05, 3.63) is 49.7 Å². The average molecular weight is 344 g/mol. The number of anilines is 1. The van der Waals surface area contributed by atoms with Crippen molar-refractivity contribution < 1.29 is 14.5 Å². The minimum absolute atomic E-state index is 0.0527. The standard InChI is InChI=1S/C15H12N4O4S/c20-15(13-5-8-7-23-4-3-12(8)24-13)16-14-10-6-9(19(21)22)1-2-11(10)17-18-14/h1-2,5-6H,3-4,7H2,(H2,16,17,18,20). The van der Waals surface area contributed by atoms with Crippen LogP contribution in [0.2, 0.25) is 0 Å². The predicted octanol–water partition coefficient (Wildman–Crippen LogP) is 2.86. The number of carbonyl (C=O) groups excluding carboxylic acids is 1. The van der Waals surface area contributed by atoms with E-state index < -0.39 is 4.92 Å². The molecule has 2 aromatic heterocycles. The van der Waals surface area contributed by atoms with E-state index in [9.17, 15) is 14.9 Å². The Morgan fingerprint density at radius 3 is 3.08 bits per heavy atom. The number of nitrogens with one attached hydrogen (secondary N) is 2. The van der Waals surface area contributed by atoms with Gasteiger partial charge in [0, 0.05) is 23.4 Å². The Morgan fingerprint density at radius 2 is 2.29 bits per heavy atom. The summed E-state index contributed by atoms with van der Waals surface area (Å²) in [6.07, 6.45) is 0.810. The van der Waals surface area contributed by atoms with Gasteiger partial charge in [0.05, 0.1) is 33.9 Å². The van der Waals surface area contributed by atoms with Crippen molar-refractivity contribution in [1.82, 2.24) is 10.2 Å². The van der Waals surface area contributed by atoms with E-state index in [-0.39, 0.29) is 17.4 Å². The number of nitro groups is 1. The maximum atomic E-state index is 12.5. The fraction of sp³-hybridized carbons (Fsp3) is 0.200. The third-order valence-corrected chi connectivity index (χ3v) is 5.08.